The quantitative estimate of drug-likeness (QED) is 0.568. The van der Waals surface area contributed by atoms with E-state index in [1.54, 1.807) is 24.3 Å². The van der Waals surface area contributed by atoms with Crippen molar-refractivity contribution in [2.75, 3.05) is 5.32 Å². The monoisotopic (exact) mass is 371 g/mol. The smallest absolute Gasteiger partial charge is 0.224 e. The number of hydrogen-bond acceptors (Lipinski definition) is 2. The summed E-state index contributed by atoms with van der Waals surface area (Å²) in [7, 11) is 0. The third kappa shape index (κ3) is 5.49. The van der Waals surface area contributed by atoms with E-state index in [4.69, 9.17) is 0 Å². The minimum Gasteiger partial charge on any atom is -0.326 e. The van der Waals surface area contributed by atoms with Gasteiger partial charge in [-0.25, -0.2) is 0 Å². The molecule has 0 aliphatic heterocycles. The van der Waals surface area contributed by atoms with Gasteiger partial charge in [0, 0.05) is 22.1 Å². The van der Waals surface area contributed by atoms with Crippen LogP contribution >= 0.6 is 15.9 Å². The van der Waals surface area contributed by atoms with Crippen LogP contribution in [0, 0.1) is 0 Å². The van der Waals surface area contributed by atoms with E-state index in [1.807, 2.05) is 43.3 Å². The number of anilines is 1. The number of rotatable bonds is 6. The van der Waals surface area contributed by atoms with Crippen LogP contribution in [0.4, 0.5) is 5.69 Å². The molecule has 0 aromatic heterocycles. The fraction of sp³-hybridized carbons (Fsp3) is 0.158. The molecule has 0 aliphatic carbocycles. The second kappa shape index (κ2) is 8.44. The Balaban J connectivity index is 1.98. The van der Waals surface area contributed by atoms with Gasteiger partial charge in [0.15, 0.2) is 5.78 Å². The zero-order valence-corrected chi connectivity index (χ0v) is 14.5. The highest BCUT2D eigenvalue weighted by Gasteiger charge is 2.02. The molecule has 0 saturated heterocycles. The zero-order valence-electron chi connectivity index (χ0n) is 12.9. The molecular formula is C19H18BrNO2. The van der Waals surface area contributed by atoms with Gasteiger partial charge < -0.3 is 5.32 Å². The summed E-state index contributed by atoms with van der Waals surface area (Å²) in [5, 5.41) is 2.83. The van der Waals surface area contributed by atoms with E-state index in [2.05, 4.69) is 21.2 Å². The molecule has 0 aliphatic rings. The van der Waals surface area contributed by atoms with Gasteiger partial charge in [-0.3, -0.25) is 9.59 Å². The standard InChI is InChI=1S/C19H18BrNO2/c1-2-3-19(23)21-17-11-4-14(5-12-17)6-13-18(22)15-7-9-16(20)10-8-15/h4-13H,2-3H2,1H3,(H,21,23)/b13-6+. The van der Waals surface area contributed by atoms with Crippen LogP contribution in [0.3, 0.4) is 0 Å². The average molecular weight is 372 g/mol. The lowest BCUT2D eigenvalue weighted by atomic mass is 10.1. The van der Waals surface area contributed by atoms with E-state index in [9.17, 15) is 9.59 Å². The zero-order chi connectivity index (χ0) is 16.7. The summed E-state index contributed by atoms with van der Waals surface area (Å²) in [5.41, 5.74) is 2.32. The fourth-order valence-corrected chi connectivity index (χ4v) is 2.27. The first kappa shape index (κ1) is 17.2. The van der Waals surface area contributed by atoms with Gasteiger partial charge in [-0.05, 0) is 54.5 Å². The van der Waals surface area contributed by atoms with Gasteiger partial charge >= 0.3 is 0 Å². The van der Waals surface area contributed by atoms with E-state index >= 15 is 0 Å². The van der Waals surface area contributed by atoms with Crippen LogP contribution in [0.1, 0.15) is 35.7 Å². The molecule has 3 nitrogen and oxygen atoms in total. The number of hydrogen-bond donors (Lipinski definition) is 1. The minimum absolute atomic E-state index is 0.0150. The number of benzene rings is 2. The SMILES string of the molecule is CCCC(=O)Nc1ccc(/C=C/C(=O)c2ccc(Br)cc2)cc1. The van der Waals surface area contributed by atoms with Crippen LogP contribution < -0.4 is 5.32 Å². The van der Waals surface area contributed by atoms with Crippen molar-refractivity contribution in [1.29, 1.82) is 0 Å². The molecule has 1 amide bonds. The molecule has 2 aromatic carbocycles. The van der Waals surface area contributed by atoms with Crippen LogP contribution in [0.25, 0.3) is 6.08 Å². The summed E-state index contributed by atoms with van der Waals surface area (Å²) in [6.45, 7) is 1.97. The second-order valence-electron chi connectivity index (χ2n) is 5.12. The third-order valence-electron chi connectivity index (χ3n) is 3.23. The predicted molar refractivity (Wildman–Crippen MR) is 97.5 cm³/mol. The molecule has 118 valence electrons. The summed E-state index contributed by atoms with van der Waals surface area (Å²) in [5.74, 6) is -0.0287. The fourth-order valence-electron chi connectivity index (χ4n) is 2.01. The summed E-state index contributed by atoms with van der Waals surface area (Å²) in [4.78, 5) is 23.6. The van der Waals surface area contributed by atoms with Crippen molar-refractivity contribution < 1.29 is 9.59 Å². The van der Waals surface area contributed by atoms with E-state index in [0.29, 0.717) is 12.0 Å². The van der Waals surface area contributed by atoms with Crippen LogP contribution in [0.5, 0.6) is 0 Å². The van der Waals surface area contributed by atoms with Crippen molar-refractivity contribution in [3.05, 3.63) is 70.2 Å². The summed E-state index contributed by atoms with van der Waals surface area (Å²) >= 11 is 3.34. The molecule has 0 saturated carbocycles. The number of carbonyl (C=O) groups excluding carboxylic acids is 2. The van der Waals surface area contributed by atoms with Crippen LogP contribution in [-0.4, -0.2) is 11.7 Å². The molecule has 4 heteroatoms. The summed E-state index contributed by atoms with van der Waals surface area (Å²) in [6.07, 6.45) is 4.66. The molecule has 2 rings (SSSR count). The summed E-state index contributed by atoms with van der Waals surface area (Å²) < 4.78 is 0.943. The maximum absolute atomic E-state index is 12.1. The molecule has 23 heavy (non-hydrogen) atoms. The molecule has 0 heterocycles. The molecule has 0 spiro atoms. The van der Waals surface area contributed by atoms with Crippen molar-refractivity contribution >= 4 is 39.4 Å². The number of nitrogens with one attached hydrogen (secondary N) is 1. The Morgan fingerprint density at radius 1 is 1.04 bits per heavy atom. The Morgan fingerprint density at radius 2 is 1.70 bits per heavy atom. The molecule has 0 radical (unpaired) electrons. The molecule has 0 unspecified atom stereocenters. The van der Waals surface area contributed by atoms with E-state index < -0.39 is 0 Å². The highest BCUT2D eigenvalue weighted by molar-refractivity contribution is 9.10. The third-order valence-corrected chi connectivity index (χ3v) is 3.76. The highest BCUT2D eigenvalue weighted by Crippen LogP contribution is 2.14. The lowest BCUT2D eigenvalue weighted by Crippen LogP contribution is -2.10. The topological polar surface area (TPSA) is 46.2 Å². The number of allylic oxidation sites excluding steroid dienone is 1. The van der Waals surface area contributed by atoms with Crippen molar-refractivity contribution in [3.8, 4) is 0 Å². The van der Waals surface area contributed by atoms with E-state index in [-0.39, 0.29) is 11.7 Å². The predicted octanol–water partition coefficient (Wildman–Crippen LogP) is 5.08. The highest BCUT2D eigenvalue weighted by atomic mass is 79.9. The number of carbonyl (C=O) groups is 2. The maximum Gasteiger partial charge on any atom is 0.224 e. The van der Waals surface area contributed by atoms with Crippen molar-refractivity contribution in [3.63, 3.8) is 0 Å². The Morgan fingerprint density at radius 3 is 2.30 bits per heavy atom. The maximum atomic E-state index is 12.1. The van der Waals surface area contributed by atoms with Crippen molar-refractivity contribution in [2.45, 2.75) is 19.8 Å². The first-order valence-corrected chi connectivity index (χ1v) is 8.25. The lowest BCUT2D eigenvalue weighted by molar-refractivity contribution is -0.116. The average Bonchev–Trinajstić information content (AvgIpc) is 2.55. The van der Waals surface area contributed by atoms with Crippen molar-refractivity contribution in [1.82, 2.24) is 0 Å². The van der Waals surface area contributed by atoms with Crippen LogP contribution in [0.15, 0.2) is 59.1 Å². The Kier molecular flexibility index (Phi) is 6.29. The normalized spacial score (nSPS) is 10.7. The van der Waals surface area contributed by atoms with Gasteiger partial charge in [0.25, 0.3) is 0 Å². The van der Waals surface area contributed by atoms with E-state index in [1.165, 1.54) is 0 Å². The Hall–Kier alpha value is -2.20. The van der Waals surface area contributed by atoms with Gasteiger partial charge in [-0.2, -0.15) is 0 Å². The Bertz CT molecular complexity index is 703. The second-order valence-corrected chi connectivity index (χ2v) is 6.04. The Labute approximate surface area is 144 Å². The van der Waals surface area contributed by atoms with Gasteiger partial charge in [0.2, 0.25) is 5.91 Å². The molecule has 2 aromatic rings. The van der Waals surface area contributed by atoms with Gasteiger partial charge in [-0.15, -0.1) is 0 Å². The van der Waals surface area contributed by atoms with Gasteiger partial charge in [-0.1, -0.05) is 41.1 Å². The number of amides is 1. The minimum atomic E-state index is -0.0437. The molecule has 0 bridgehead atoms. The molecule has 0 atom stereocenters. The molecule has 0 fully saturated rings. The van der Waals surface area contributed by atoms with Crippen molar-refractivity contribution in [2.24, 2.45) is 0 Å². The largest absolute Gasteiger partial charge is 0.326 e. The van der Waals surface area contributed by atoms with Crippen LogP contribution in [-0.2, 0) is 4.79 Å². The lowest BCUT2D eigenvalue weighted by Gasteiger charge is -2.04. The van der Waals surface area contributed by atoms with Crippen LogP contribution in [0.2, 0.25) is 0 Å². The van der Waals surface area contributed by atoms with E-state index in [0.717, 1.165) is 22.1 Å². The molecular weight excluding hydrogens is 354 g/mol. The summed E-state index contributed by atoms with van der Waals surface area (Å²) in [6, 6.07) is 14.6. The number of ketones is 1. The first-order chi connectivity index (χ1) is 11.1. The molecule has 1 N–H and O–H groups in total. The first-order valence-electron chi connectivity index (χ1n) is 7.46. The van der Waals surface area contributed by atoms with Gasteiger partial charge in [0.1, 0.15) is 0 Å². The number of halogens is 1. The van der Waals surface area contributed by atoms with Gasteiger partial charge in [0.05, 0.1) is 0 Å².